The summed E-state index contributed by atoms with van der Waals surface area (Å²) in [6.45, 7) is 0. The van der Waals surface area contributed by atoms with Crippen molar-refractivity contribution in [2.75, 3.05) is 0 Å². The lowest BCUT2D eigenvalue weighted by molar-refractivity contribution is 0.394. The Morgan fingerprint density at radius 3 is 2.83 bits per heavy atom. The van der Waals surface area contributed by atoms with Crippen LogP contribution in [0.5, 0.6) is 5.75 Å². The predicted octanol–water partition coefficient (Wildman–Crippen LogP) is 4.15. The number of nitrogens with two attached hydrogens (primary N) is 1. The summed E-state index contributed by atoms with van der Waals surface area (Å²) in [6, 6.07) is 16.0. The van der Waals surface area contributed by atoms with E-state index in [1.165, 1.54) is 0 Å². The van der Waals surface area contributed by atoms with Crippen molar-refractivity contribution in [3.63, 3.8) is 0 Å². The predicted molar refractivity (Wildman–Crippen MR) is 91.7 cm³/mol. The van der Waals surface area contributed by atoms with Gasteiger partial charge in [-0.2, -0.15) is 5.26 Å². The zero-order chi connectivity index (χ0) is 16.0. The van der Waals surface area contributed by atoms with E-state index in [0.717, 1.165) is 26.5 Å². The largest absolute Gasteiger partial charge is 0.440 e. The van der Waals surface area contributed by atoms with Gasteiger partial charge < -0.3 is 15.5 Å². The third kappa shape index (κ3) is 2.11. The molecular weight excluding hydrogens is 354 g/mol. The molecule has 4 rings (SSSR count). The van der Waals surface area contributed by atoms with Crippen molar-refractivity contribution in [2.45, 2.75) is 5.92 Å². The molecule has 23 heavy (non-hydrogen) atoms. The number of para-hydroxylation sites is 1. The number of nitrogens with one attached hydrogen (secondary N) is 1. The average molecular weight is 366 g/mol. The summed E-state index contributed by atoms with van der Waals surface area (Å²) in [6.07, 6.45) is 1.94. The van der Waals surface area contributed by atoms with E-state index in [2.05, 4.69) is 27.0 Å². The van der Waals surface area contributed by atoms with Gasteiger partial charge in [-0.15, -0.1) is 0 Å². The van der Waals surface area contributed by atoms with Gasteiger partial charge in [0.1, 0.15) is 17.4 Å². The number of halogens is 1. The normalized spacial score (nSPS) is 16.8. The molecule has 4 nitrogen and oxygen atoms in total. The van der Waals surface area contributed by atoms with Crippen LogP contribution in [0.15, 0.2) is 64.6 Å². The molecule has 3 N–H and O–H groups in total. The summed E-state index contributed by atoms with van der Waals surface area (Å²) in [5, 5.41) is 10.7. The molecule has 0 fully saturated rings. The second kappa shape index (κ2) is 5.18. The number of hydrogen-bond donors (Lipinski definition) is 2. The van der Waals surface area contributed by atoms with Gasteiger partial charge in [0, 0.05) is 27.1 Å². The highest BCUT2D eigenvalue weighted by molar-refractivity contribution is 9.10. The van der Waals surface area contributed by atoms with Gasteiger partial charge in [0.2, 0.25) is 5.88 Å². The summed E-state index contributed by atoms with van der Waals surface area (Å²) in [5.74, 6) is 0.593. The lowest BCUT2D eigenvalue weighted by Crippen LogP contribution is -2.20. The first-order valence-electron chi connectivity index (χ1n) is 7.12. The van der Waals surface area contributed by atoms with Gasteiger partial charge in [0.15, 0.2) is 0 Å². The zero-order valence-electron chi connectivity index (χ0n) is 12.0. The van der Waals surface area contributed by atoms with Crippen molar-refractivity contribution in [1.82, 2.24) is 4.98 Å². The molecule has 1 aliphatic rings. The monoisotopic (exact) mass is 365 g/mol. The van der Waals surface area contributed by atoms with Gasteiger partial charge in [-0.05, 0) is 29.8 Å². The lowest BCUT2D eigenvalue weighted by atomic mass is 9.83. The number of benzene rings is 2. The number of allylic oxidation sites excluding steroid dienone is 1. The summed E-state index contributed by atoms with van der Waals surface area (Å²) >= 11 is 3.49. The Kier molecular flexibility index (Phi) is 3.14. The fourth-order valence-corrected chi connectivity index (χ4v) is 3.46. The molecule has 1 aromatic heterocycles. The van der Waals surface area contributed by atoms with Gasteiger partial charge in [-0.25, -0.2) is 0 Å². The van der Waals surface area contributed by atoms with Crippen LogP contribution in [0.3, 0.4) is 0 Å². The number of aromatic amines is 1. The molecule has 0 unspecified atom stereocenters. The molecule has 1 atom stereocenters. The number of aromatic nitrogens is 1. The van der Waals surface area contributed by atoms with Crippen LogP contribution >= 0.6 is 15.9 Å². The summed E-state index contributed by atoms with van der Waals surface area (Å²) in [7, 11) is 0. The SMILES string of the molecule is N#CC1=C(N)Oc2ccc(Br)cc2[C@@H]1c1c[nH]c2ccccc12. The first kappa shape index (κ1) is 13.9. The van der Waals surface area contributed by atoms with Gasteiger partial charge in [0.05, 0.1) is 5.92 Å². The molecule has 0 spiro atoms. The molecule has 2 heterocycles. The van der Waals surface area contributed by atoms with Crippen molar-refractivity contribution in [3.8, 4) is 11.8 Å². The van der Waals surface area contributed by atoms with Crippen LogP contribution in [0.25, 0.3) is 10.9 Å². The van der Waals surface area contributed by atoms with Crippen LogP contribution in [0.4, 0.5) is 0 Å². The Balaban J connectivity index is 2.02. The molecule has 0 radical (unpaired) electrons. The zero-order valence-corrected chi connectivity index (χ0v) is 13.6. The number of fused-ring (bicyclic) bond motifs is 2. The number of nitriles is 1. The standard InChI is InChI=1S/C18H12BrN3O/c19-10-5-6-16-12(7-10)17(13(8-20)18(21)23-16)14-9-22-15-4-2-1-3-11(14)15/h1-7,9,17,22H,21H2/t17-/m0/s1. The van der Waals surface area contributed by atoms with Crippen molar-refractivity contribution < 1.29 is 4.74 Å². The van der Waals surface area contributed by atoms with Gasteiger partial charge in [-0.1, -0.05) is 34.1 Å². The van der Waals surface area contributed by atoms with Crippen molar-refractivity contribution in [1.29, 1.82) is 5.26 Å². The van der Waals surface area contributed by atoms with E-state index in [-0.39, 0.29) is 11.8 Å². The molecule has 112 valence electrons. The molecule has 0 saturated carbocycles. The van der Waals surface area contributed by atoms with Crippen LogP contribution in [-0.4, -0.2) is 4.98 Å². The third-order valence-electron chi connectivity index (χ3n) is 4.11. The third-order valence-corrected chi connectivity index (χ3v) is 4.60. The van der Waals surface area contributed by atoms with Gasteiger partial charge in [-0.3, -0.25) is 0 Å². The fourth-order valence-electron chi connectivity index (χ4n) is 3.08. The summed E-state index contributed by atoms with van der Waals surface area (Å²) in [4.78, 5) is 3.27. The highest BCUT2D eigenvalue weighted by atomic mass is 79.9. The number of ether oxygens (including phenoxy) is 1. The molecule has 0 amide bonds. The second-order valence-electron chi connectivity index (χ2n) is 5.40. The highest BCUT2D eigenvalue weighted by Crippen LogP contribution is 2.44. The van der Waals surface area contributed by atoms with E-state index < -0.39 is 0 Å². The van der Waals surface area contributed by atoms with Crippen molar-refractivity contribution in [3.05, 3.63) is 75.7 Å². The molecule has 1 aliphatic heterocycles. The van der Waals surface area contributed by atoms with Crippen LogP contribution in [0.2, 0.25) is 0 Å². The minimum Gasteiger partial charge on any atom is -0.440 e. The minimum atomic E-state index is -0.252. The Bertz CT molecular complexity index is 997. The van der Waals surface area contributed by atoms with Crippen molar-refractivity contribution in [2.24, 2.45) is 5.73 Å². The number of rotatable bonds is 1. The number of nitrogens with zero attached hydrogens (tertiary/aromatic N) is 1. The topological polar surface area (TPSA) is 74.8 Å². The summed E-state index contributed by atoms with van der Waals surface area (Å²) < 4.78 is 6.57. The first-order valence-corrected chi connectivity index (χ1v) is 7.91. The second-order valence-corrected chi connectivity index (χ2v) is 6.31. The Hall–Kier alpha value is -2.71. The smallest absolute Gasteiger partial charge is 0.205 e. The van der Waals surface area contributed by atoms with E-state index in [1.807, 2.05) is 48.7 Å². The molecular formula is C18H12BrN3O. The van der Waals surface area contributed by atoms with Gasteiger partial charge >= 0.3 is 0 Å². The Labute approximate surface area is 141 Å². The van der Waals surface area contributed by atoms with E-state index in [1.54, 1.807) is 0 Å². The van der Waals surface area contributed by atoms with E-state index in [0.29, 0.717) is 11.3 Å². The minimum absolute atomic E-state index is 0.164. The molecule has 0 saturated heterocycles. The maximum Gasteiger partial charge on any atom is 0.205 e. The van der Waals surface area contributed by atoms with E-state index >= 15 is 0 Å². The average Bonchev–Trinajstić information content (AvgIpc) is 2.98. The number of hydrogen-bond acceptors (Lipinski definition) is 3. The van der Waals surface area contributed by atoms with Crippen molar-refractivity contribution >= 4 is 26.8 Å². The van der Waals surface area contributed by atoms with E-state index in [9.17, 15) is 5.26 Å². The van der Waals surface area contributed by atoms with Crippen LogP contribution in [0, 0.1) is 11.3 Å². The molecule has 0 aliphatic carbocycles. The Morgan fingerprint density at radius 1 is 1.17 bits per heavy atom. The number of H-pyrrole nitrogens is 1. The highest BCUT2D eigenvalue weighted by Gasteiger charge is 2.32. The summed E-state index contributed by atoms with van der Waals surface area (Å²) in [5.41, 5.74) is 9.40. The first-order chi connectivity index (χ1) is 11.2. The van der Waals surface area contributed by atoms with Crippen LogP contribution < -0.4 is 10.5 Å². The fraction of sp³-hybridized carbons (Fsp3) is 0.0556. The van der Waals surface area contributed by atoms with Gasteiger partial charge in [0.25, 0.3) is 0 Å². The van der Waals surface area contributed by atoms with E-state index in [4.69, 9.17) is 10.5 Å². The quantitative estimate of drug-likeness (QED) is 0.680. The van der Waals surface area contributed by atoms with Crippen LogP contribution in [0.1, 0.15) is 17.0 Å². The molecule has 0 bridgehead atoms. The van der Waals surface area contributed by atoms with Crippen LogP contribution in [-0.2, 0) is 0 Å². The molecule has 3 aromatic rings. The molecule has 5 heteroatoms. The maximum atomic E-state index is 9.61. The maximum absolute atomic E-state index is 9.61. The lowest BCUT2D eigenvalue weighted by Gasteiger charge is -2.26. The molecule has 2 aromatic carbocycles. The Morgan fingerprint density at radius 2 is 2.00 bits per heavy atom.